The molecule has 0 radical (unpaired) electrons. The summed E-state index contributed by atoms with van der Waals surface area (Å²) in [6, 6.07) is 10.7. The van der Waals surface area contributed by atoms with Crippen molar-refractivity contribution in [2.45, 2.75) is 65.5 Å². The molecule has 4 heterocycles. The fourth-order valence-electron chi connectivity index (χ4n) is 5.83. The highest BCUT2D eigenvalue weighted by atomic mass is 35.5. The van der Waals surface area contributed by atoms with Crippen molar-refractivity contribution in [2.75, 3.05) is 18.0 Å². The van der Waals surface area contributed by atoms with Crippen LogP contribution < -0.4 is 10.6 Å². The lowest BCUT2D eigenvalue weighted by Gasteiger charge is -2.44. The first kappa shape index (κ1) is 30.8. The molecule has 2 atom stereocenters. The summed E-state index contributed by atoms with van der Waals surface area (Å²) < 4.78 is 1.49. The van der Waals surface area contributed by atoms with Gasteiger partial charge in [0.15, 0.2) is 5.65 Å². The average molecular weight is 611 g/mol. The van der Waals surface area contributed by atoms with E-state index in [1.54, 1.807) is 29.2 Å². The Morgan fingerprint density at radius 3 is 2.34 bits per heavy atom. The number of hydrogen-bond donors (Lipinski definition) is 0. The Labute approximate surface area is 261 Å². The molecule has 10 nitrogen and oxygen atoms in total. The highest BCUT2D eigenvalue weighted by Gasteiger charge is 2.34. The van der Waals surface area contributed by atoms with Gasteiger partial charge in [-0.1, -0.05) is 64.1 Å². The number of aromatic nitrogens is 5. The van der Waals surface area contributed by atoms with E-state index in [4.69, 9.17) is 16.6 Å². The van der Waals surface area contributed by atoms with Crippen molar-refractivity contribution in [1.82, 2.24) is 29.4 Å². The van der Waals surface area contributed by atoms with Crippen molar-refractivity contribution < 1.29 is 4.79 Å². The van der Waals surface area contributed by atoms with Crippen LogP contribution in [0.4, 0.5) is 5.82 Å². The first-order chi connectivity index (χ1) is 21.0. The zero-order valence-corrected chi connectivity index (χ0v) is 26.5. The van der Waals surface area contributed by atoms with Crippen LogP contribution in [0.15, 0.2) is 54.1 Å². The average Bonchev–Trinajstić information content (AvgIpc) is 3.00. The highest BCUT2D eigenvalue weighted by Crippen LogP contribution is 2.37. The molecule has 11 heteroatoms. The minimum atomic E-state index is -0.537. The molecule has 3 aromatic heterocycles. The van der Waals surface area contributed by atoms with Crippen molar-refractivity contribution in [3.63, 3.8) is 0 Å². The molecular weight excluding hydrogens is 576 g/mol. The molecule has 0 saturated carbocycles. The van der Waals surface area contributed by atoms with Gasteiger partial charge in [-0.3, -0.25) is 4.79 Å². The SMILES string of the molecule is C=CC(=O)N1C[C@H](C)N(c2nc(=O)n(-c3c(C(C)C)ncnc3C(C)C)c3nc(-c4ccccc4C#N)c(Cl)cc23)C[C@H]1C. The Balaban J connectivity index is 1.87. The fourth-order valence-corrected chi connectivity index (χ4v) is 6.08. The van der Waals surface area contributed by atoms with Gasteiger partial charge in [0.25, 0.3) is 0 Å². The summed E-state index contributed by atoms with van der Waals surface area (Å²) in [5.41, 5.74) is 3.05. The van der Waals surface area contributed by atoms with Crippen molar-refractivity contribution in [1.29, 1.82) is 5.26 Å². The van der Waals surface area contributed by atoms with Gasteiger partial charge in [0, 0.05) is 30.7 Å². The number of benzene rings is 1. The summed E-state index contributed by atoms with van der Waals surface area (Å²) in [6.07, 6.45) is 2.84. The molecule has 1 saturated heterocycles. The lowest BCUT2D eigenvalue weighted by molar-refractivity contribution is -0.128. The molecule has 0 N–H and O–H groups in total. The third kappa shape index (κ3) is 5.33. The number of amides is 1. The molecule has 5 rings (SSSR count). The molecule has 0 aliphatic carbocycles. The largest absolute Gasteiger partial charge is 0.355 e. The summed E-state index contributed by atoms with van der Waals surface area (Å²) in [4.78, 5) is 49.5. The van der Waals surface area contributed by atoms with Crippen LogP contribution in [-0.2, 0) is 4.79 Å². The molecule has 0 unspecified atom stereocenters. The Hall–Kier alpha value is -4.62. The number of halogens is 1. The summed E-state index contributed by atoms with van der Waals surface area (Å²) in [5, 5.41) is 10.7. The van der Waals surface area contributed by atoms with Crippen LogP contribution in [0, 0.1) is 11.3 Å². The van der Waals surface area contributed by atoms with Crippen LogP contribution in [0.1, 0.15) is 70.3 Å². The Kier molecular flexibility index (Phi) is 8.53. The standard InChI is InChI=1S/C33H35ClN8O2/c1-8-26(43)40-15-21(7)41(16-20(40)6)31-24-13-25(34)29(23-12-10-9-11-22(23)14-35)38-32(24)42(33(44)39-31)30-27(18(2)3)36-17-37-28(30)19(4)5/h8-13,17-21H,1,15-16H2,2-7H3/t20-,21+/m1/s1. The fraction of sp³-hybridized carbons (Fsp3) is 0.364. The highest BCUT2D eigenvalue weighted by molar-refractivity contribution is 6.34. The second-order valence-electron chi connectivity index (χ2n) is 11.7. The molecule has 1 aliphatic heterocycles. The topological polar surface area (TPSA) is 121 Å². The van der Waals surface area contributed by atoms with E-state index < -0.39 is 5.69 Å². The Bertz CT molecular complexity index is 1850. The number of fused-ring (bicyclic) bond motifs is 1. The maximum absolute atomic E-state index is 14.3. The van der Waals surface area contributed by atoms with Gasteiger partial charge in [-0.05, 0) is 43.9 Å². The van der Waals surface area contributed by atoms with E-state index >= 15 is 0 Å². The Morgan fingerprint density at radius 1 is 1.07 bits per heavy atom. The van der Waals surface area contributed by atoms with Crippen LogP contribution in [0.3, 0.4) is 0 Å². The van der Waals surface area contributed by atoms with Gasteiger partial charge in [0.1, 0.15) is 12.1 Å². The number of anilines is 1. The van der Waals surface area contributed by atoms with E-state index in [0.29, 0.717) is 68.9 Å². The maximum Gasteiger partial charge on any atom is 0.355 e. The molecule has 1 aliphatic rings. The minimum Gasteiger partial charge on any atom is -0.349 e. The van der Waals surface area contributed by atoms with Gasteiger partial charge in [-0.2, -0.15) is 10.2 Å². The van der Waals surface area contributed by atoms with Crippen molar-refractivity contribution in [3.8, 4) is 23.0 Å². The smallest absolute Gasteiger partial charge is 0.349 e. The van der Waals surface area contributed by atoms with Gasteiger partial charge in [0.05, 0.1) is 44.8 Å². The molecule has 0 spiro atoms. The predicted molar refractivity (Wildman–Crippen MR) is 172 cm³/mol. The Morgan fingerprint density at radius 2 is 1.73 bits per heavy atom. The number of nitriles is 1. The zero-order valence-electron chi connectivity index (χ0n) is 25.7. The number of nitrogens with zero attached hydrogens (tertiary/aromatic N) is 8. The van der Waals surface area contributed by atoms with Crippen molar-refractivity contribution in [3.05, 3.63) is 81.8 Å². The number of pyridine rings is 1. The van der Waals surface area contributed by atoms with Crippen LogP contribution >= 0.6 is 11.6 Å². The molecule has 4 aromatic rings. The van der Waals surface area contributed by atoms with E-state index in [9.17, 15) is 14.9 Å². The first-order valence-corrected chi connectivity index (χ1v) is 15.0. The summed E-state index contributed by atoms with van der Waals surface area (Å²) in [6.45, 7) is 16.5. The summed E-state index contributed by atoms with van der Waals surface area (Å²) in [5.74, 6) is 0.216. The van der Waals surface area contributed by atoms with Gasteiger partial charge < -0.3 is 9.80 Å². The third-order valence-corrected chi connectivity index (χ3v) is 8.30. The van der Waals surface area contributed by atoms with E-state index in [1.165, 1.54) is 17.0 Å². The van der Waals surface area contributed by atoms with E-state index in [2.05, 4.69) is 27.6 Å². The van der Waals surface area contributed by atoms with Gasteiger partial charge in [0.2, 0.25) is 5.91 Å². The quantitative estimate of drug-likeness (QED) is 0.258. The summed E-state index contributed by atoms with van der Waals surface area (Å²) >= 11 is 6.93. The van der Waals surface area contributed by atoms with Crippen LogP contribution in [0.2, 0.25) is 5.02 Å². The molecular formula is C33H35ClN8O2. The molecule has 44 heavy (non-hydrogen) atoms. The molecule has 1 aromatic carbocycles. The number of rotatable bonds is 6. The van der Waals surface area contributed by atoms with Crippen molar-refractivity contribution >= 4 is 34.4 Å². The summed E-state index contributed by atoms with van der Waals surface area (Å²) in [7, 11) is 0. The van der Waals surface area contributed by atoms with Gasteiger partial charge in [-0.15, -0.1) is 0 Å². The second-order valence-corrected chi connectivity index (χ2v) is 12.2. The second kappa shape index (κ2) is 12.2. The first-order valence-electron chi connectivity index (χ1n) is 14.7. The number of carbonyl (C=O) groups excluding carboxylic acids is 1. The maximum atomic E-state index is 14.3. The number of hydrogen-bond acceptors (Lipinski definition) is 8. The molecule has 1 amide bonds. The van der Waals surface area contributed by atoms with Crippen molar-refractivity contribution in [2.24, 2.45) is 0 Å². The molecule has 1 fully saturated rings. The number of carbonyl (C=O) groups is 1. The van der Waals surface area contributed by atoms with E-state index in [1.807, 2.05) is 52.5 Å². The monoisotopic (exact) mass is 610 g/mol. The minimum absolute atomic E-state index is 0.0328. The van der Waals surface area contributed by atoms with E-state index in [-0.39, 0.29) is 29.8 Å². The molecule has 226 valence electrons. The normalized spacial score (nSPS) is 16.9. The van der Waals surface area contributed by atoms with Crippen LogP contribution in [-0.4, -0.2) is 60.5 Å². The van der Waals surface area contributed by atoms with Crippen LogP contribution in [0.5, 0.6) is 0 Å². The predicted octanol–water partition coefficient (Wildman–Crippen LogP) is 5.62. The third-order valence-electron chi connectivity index (χ3n) is 8.02. The van der Waals surface area contributed by atoms with Gasteiger partial charge >= 0.3 is 5.69 Å². The lowest BCUT2D eigenvalue weighted by Crippen LogP contribution is -2.58. The lowest BCUT2D eigenvalue weighted by atomic mass is 10.0. The zero-order chi connectivity index (χ0) is 31.9. The molecule has 0 bridgehead atoms. The van der Waals surface area contributed by atoms with E-state index in [0.717, 1.165) is 0 Å². The van der Waals surface area contributed by atoms with Crippen LogP contribution in [0.25, 0.3) is 28.0 Å². The van der Waals surface area contributed by atoms with Gasteiger partial charge in [-0.25, -0.2) is 24.3 Å². The number of piperazine rings is 1.